The van der Waals surface area contributed by atoms with Gasteiger partial charge in [-0.1, -0.05) is 115 Å². The maximum absolute atomic E-state index is 3.50. The molecule has 0 aliphatic rings. The van der Waals surface area contributed by atoms with Crippen molar-refractivity contribution >= 4 is 62.6 Å². The van der Waals surface area contributed by atoms with Gasteiger partial charge in [-0.05, 0) is 145 Å². The van der Waals surface area contributed by atoms with Crippen LogP contribution in [-0.2, 0) is 0 Å². The summed E-state index contributed by atoms with van der Waals surface area (Å²) in [4.78, 5) is 6.89. The van der Waals surface area contributed by atoms with Gasteiger partial charge in [0.2, 0.25) is 0 Å². The quantitative estimate of drug-likeness (QED) is 0.134. The van der Waals surface area contributed by atoms with Gasteiger partial charge in [0.15, 0.2) is 0 Å². The topological polar surface area (TPSA) is 21.8 Å². The fourth-order valence-corrected chi connectivity index (χ4v) is 7.39. The minimum atomic E-state index is 1.04. The minimum absolute atomic E-state index is 1.04. The summed E-state index contributed by atoms with van der Waals surface area (Å²) in [5, 5.41) is 3.50. The maximum Gasteiger partial charge on any atom is 0.0463 e. The zero-order chi connectivity index (χ0) is 38.9. The van der Waals surface area contributed by atoms with Crippen LogP contribution in [-0.4, -0.2) is 0 Å². The van der Waals surface area contributed by atoms with Crippen molar-refractivity contribution in [2.75, 3.05) is 20.0 Å². The van der Waals surface area contributed by atoms with Gasteiger partial charge < -0.3 is 20.0 Å². The molecule has 0 amide bonds. The third-order valence-corrected chi connectivity index (χ3v) is 10.2. The Balaban J connectivity index is 0.986. The van der Waals surface area contributed by atoms with Crippen LogP contribution in [0.2, 0.25) is 0 Å². The van der Waals surface area contributed by atoms with Crippen molar-refractivity contribution in [3.8, 4) is 11.1 Å². The molecule has 0 unspecified atom stereocenters. The molecule has 4 heteroatoms. The summed E-state index contributed by atoms with van der Waals surface area (Å²) in [7, 11) is 0. The molecule has 0 aliphatic carbocycles. The van der Waals surface area contributed by atoms with Gasteiger partial charge in [0, 0.05) is 62.6 Å². The second-order valence-electron chi connectivity index (χ2n) is 14.0. The molecule has 0 heterocycles. The molecule has 58 heavy (non-hydrogen) atoms. The highest BCUT2D eigenvalue weighted by atomic mass is 15.2. The van der Waals surface area contributed by atoms with E-state index in [1.165, 1.54) is 0 Å². The van der Waals surface area contributed by atoms with Crippen molar-refractivity contribution in [1.29, 1.82) is 0 Å². The highest BCUT2D eigenvalue weighted by Gasteiger charge is 2.17. The van der Waals surface area contributed by atoms with Crippen LogP contribution in [0.15, 0.2) is 249 Å². The molecule has 0 saturated heterocycles. The summed E-state index contributed by atoms with van der Waals surface area (Å²) >= 11 is 0. The molecule has 0 bridgehead atoms. The molecule has 0 atom stereocenters. The highest BCUT2D eigenvalue weighted by Crippen LogP contribution is 2.40. The van der Waals surface area contributed by atoms with Gasteiger partial charge in [0.25, 0.3) is 0 Å². The first kappa shape index (κ1) is 35.9. The third-order valence-electron chi connectivity index (χ3n) is 10.2. The molecule has 0 saturated carbocycles. The molecule has 9 rings (SSSR count). The molecular weight excluding hydrogens is 705 g/mol. The van der Waals surface area contributed by atoms with Crippen molar-refractivity contribution in [2.24, 2.45) is 0 Å². The molecule has 9 aromatic carbocycles. The number of benzene rings is 9. The average molecular weight is 747 g/mol. The van der Waals surface area contributed by atoms with E-state index in [1.807, 2.05) is 18.2 Å². The number of nitrogens with zero attached hydrogens (tertiary/aromatic N) is 3. The van der Waals surface area contributed by atoms with Crippen LogP contribution in [0.3, 0.4) is 0 Å². The Morgan fingerprint density at radius 3 is 0.690 bits per heavy atom. The molecule has 0 spiro atoms. The standard InChI is InChI=1S/C54H42N4/c1-6-16-44(17-7-1)55-45-30-36-52(37-31-45)57(48-22-12-4-13-23-48)50-32-26-42(27-33-50)43-28-34-51(35-29-43)58(49-24-14-5-15-25-49)54-40-38-53(39-41-54)56(46-18-8-2-9-19-46)47-20-10-3-11-21-47/h1-41,55H. The first-order chi connectivity index (χ1) is 28.8. The lowest BCUT2D eigenvalue weighted by molar-refractivity contribution is 1.26. The molecule has 0 fully saturated rings. The van der Waals surface area contributed by atoms with E-state index in [9.17, 15) is 0 Å². The number of hydrogen-bond donors (Lipinski definition) is 1. The van der Waals surface area contributed by atoms with E-state index < -0.39 is 0 Å². The Bertz CT molecular complexity index is 2600. The summed E-state index contributed by atoms with van der Waals surface area (Å²) in [6.07, 6.45) is 0. The molecule has 0 aromatic heterocycles. The van der Waals surface area contributed by atoms with Crippen molar-refractivity contribution < 1.29 is 0 Å². The maximum atomic E-state index is 3.50. The van der Waals surface area contributed by atoms with Gasteiger partial charge in [0.1, 0.15) is 0 Å². The summed E-state index contributed by atoms with van der Waals surface area (Å²) in [5.41, 5.74) is 14.3. The highest BCUT2D eigenvalue weighted by molar-refractivity contribution is 5.83. The molecule has 9 aromatic rings. The number of nitrogens with one attached hydrogen (secondary N) is 1. The smallest absolute Gasteiger partial charge is 0.0463 e. The van der Waals surface area contributed by atoms with Crippen molar-refractivity contribution in [3.05, 3.63) is 249 Å². The largest absolute Gasteiger partial charge is 0.356 e. The van der Waals surface area contributed by atoms with Crippen LogP contribution in [0.25, 0.3) is 11.1 Å². The monoisotopic (exact) mass is 746 g/mol. The van der Waals surface area contributed by atoms with E-state index in [2.05, 4.69) is 251 Å². The predicted octanol–water partition coefficient (Wildman–Crippen LogP) is 15.5. The lowest BCUT2D eigenvalue weighted by Crippen LogP contribution is -2.12. The molecule has 278 valence electrons. The van der Waals surface area contributed by atoms with Crippen molar-refractivity contribution in [3.63, 3.8) is 0 Å². The number of hydrogen-bond acceptors (Lipinski definition) is 4. The Labute approximate surface area is 341 Å². The molecule has 0 aliphatic heterocycles. The molecule has 0 radical (unpaired) electrons. The second kappa shape index (κ2) is 16.9. The van der Waals surface area contributed by atoms with E-state index >= 15 is 0 Å². The van der Waals surface area contributed by atoms with Gasteiger partial charge in [-0.25, -0.2) is 0 Å². The molecule has 1 N–H and O–H groups in total. The first-order valence-electron chi connectivity index (χ1n) is 19.6. The fraction of sp³-hybridized carbons (Fsp3) is 0. The zero-order valence-corrected chi connectivity index (χ0v) is 32.0. The van der Waals surface area contributed by atoms with Gasteiger partial charge >= 0.3 is 0 Å². The summed E-state index contributed by atoms with van der Waals surface area (Å²) in [6, 6.07) is 87.5. The summed E-state index contributed by atoms with van der Waals surface area (Å²) < 4.78 is 0. The lowest BCUT2D eigenvalue weighted by Gasteiger charge is -2.28. The van der Waals surface area contributed by atoms with E-state index in [0.29, 0.717) is 0 Å². The minimum Gasteiger partial charge on any atom is -0.356 e. The van der Waals surface area contributed by atoms with Crippen LogP contribution >= 0.6 is 0 Å². The predicted molar refractivity (Wildman–Crippen MR) is 246 cm³/mol. The summed E-state index contributed by atoms with van der Waals surface area (Å²) in [5.74, 6) is 0. The zero-order valence-electron chi connectivity index (χ0n) is 32.0. The van der Waals surface area contributed by atoms with Crippen LogP contribution in [0.4, 0.5) is 62.6 Å². The van der Waals surface area contributed by atoms with Crippen LogP contribution in [0, 0.1) is 0 Å². The van der Waals surface area contributed by atoms with Crippen LogP contribution in [0.1, 0.15) is 0 Å². The Kier molecular flexibility index (Phi) is 10.5. The van der Waals surface area contributed by atoms with E-state index in [1.54, 1.807) is 0 Å². The normalized spacial score (nSPS) is 10.8. The van der Waals surface area contributed by atoms with Gasteiger partial charge in [0.05, 0.1) is 0 Å². The molecular formula is C54H42N4. The Hall–Kier alpha value is -7.82. The Morgan fingerprint density at radius 2 is 0.397 bits per heavy atom. The summed E-state index contributed by atoms with van der Waals surface area (Å²) in [6.45, 7) is 0. The first-order valence-corrected chi connectivity index (χ1v) is 19.6. The average Bonchev–Trinajstić information content (AvgIpc) is 3.30. The SMILES string of the molecule is c1ccc(Nc2ccc(N(c3ccccc3)c3ccc(-c4ccc(N(c5ccccc5)c5ccc(N(c6ccccc6)c6ccccc6)cc5)cc4)cc3)cc2)cc1. The van der Waals surface area contributed by atoms with Gasteiger partial charge in [-0.3, -0.25) is 0 Å². The van der Waals surface area contributed by atoms with Crippen LogP contribution < -0.4 is 20.0 Å². The van der Waals surface area contributed by atoms with Crippen molar-refractivity contribution in [1.82, 2.24) is 0 Å². The van der Waals surface area contributed by atoms with Gasteiger partial charge in [-0.2, -0.15) is 0 Å². The van der Waals surface area contributed by atoms with E-state index in [0.717, 1.165) is 73.7 Å². The van der Waals surface area contributed by atoms with E-state index in [4.69, 9.17) is 0 Å². The van der Waals surface area contributed by atoms with Crippen molar-refractivity contribution in [2.45, 2.75) is 0 Å². The second-order valence-corrected chi connectivity index (χ2v) is 14.0. The van der Waals surface area contributed by atoms with Crippen LogP contribution in [0.5, 0.6) is 0 Å². The van der Waals surface area contributed by atoms with Gasteiger partial charge in [-0.15, -0.1) is 0 Å². The fourth-order valence-electron chi connectivity index (χ4n) is 7.39. The molecule has 4 nitrogen and oxygen atoms in total. The third kappa shape index (κ3) is 7.95. The number of anilines is 11. The number of rotatable bonds is 12. The van der Waals surface area contributed by atoms with E-state index in [-0.39, 0.29) is 0 Å². The Morgan fingerprint density at radius 1 is 0.190 bits per heavy atom. The number of para-hydroxylation sites is 5. The lowest BCUT2D eigenvalue weighted by atomic mass is 10.0.